The Morgan fingerprint density at radius 1 is 1.19 bits per heavy atom. The predicted octanol–water partition coefficient (Wildman–Crippen LogP) is 5.47. The van der Waals surface area contributed by atoms with E-state index in [1.54, 1.807) is 11.8 Å². The third-order valence-electron chi connectivity index (χ3n) is 6.61. The average molecular weight is 389 g/mol. The molecule has 27 heavy (non-hydrogen) atoms. The number of aryl methyl sites for hydroxylation is 1. The summed E-state index contributed by atoms with van der Waals surface area (Å²) in [5, 5.41) is 9.54. The fourth-order valence-electron chi connectivity index (χ4n) is 5.00. The monoisotopic (exact) mass is 388 g/mol. The van der Waals surface area contributed by atoms with Gasteiger partial charge in [-0.2, -0.15) is 0 Å². The first-order valence-corrected chi connectivity index (χ1v) is 11.2. The molecule has 0 N–H and O–H groups in total. The Morgan fingerprint density at radius 2 is 1.96 bits per heavy atom. The lowest BCUT2D eigenvalue weighted by molar-refractivity contribution is 0.232. The normalized spacial score (nSPS) is 26.1. The maximum Gasteiger partial charge on any atom is 0.226 e. The van der Waals surface area contributed by atoms with Gasteiger partial charge < -0.3 is 8.98 Å². The van der Waals surface area contributed by atoms with Crippen molar-refractivity contribution in [2.45, 2.75) is 89.6 Å². The smallest absolute Gasteiger partial charge is 0.226 e. The van der Waals surface area contributed by atoms with Crippen molar-refractivity contribution in [2.24, 2.45) is 17.8 Å². The van der Waals surface area contributed by atoms with E-state index in [2.05, 4.69) is 56.3 Å². The Labute approximate surface area is 166 Å². The molecule has 6 heteroatoms. The van der Waals surface area contributed by atoms with Gasteiger partial charge in [-0.3, -0.25) is 0 Å². The Hall–Kier alpha value is -1.30. The Kier molecular flexibility index (Phi) is 4.90. The van der Waals surface area contributed by atoms with Crippen LogP contribution in [0, 0.1) is 31.6 Å². The van der Waals surface area contributed by atoms with Crippen LogP contribution >= 0.6 is 11.8 Å². The molecule has 2 aromatic heterocycles. The summed E-state index contributed by atoms with van der Waals surface area (Å²) in [7, 11) is 0. The summed E-state index contributed by atoms with van der Waals surface area (Å²) in [5.74, 6) is 4.73. The predicted molar refractivity (Wildman–Crippen MR) is 108 cm³/mol. The maximum atomic E-state index is 5.87. The highest BCUT2D eigenvalue weighted by atomic mass is 32.2. The van der Waals surface area contributed by atoms with Gasteiger partial charge in [0.05, 0.1) is 11.4 Å². The van der Waals surface area contributed by atoms with Crippen molar-refractivity contribution in [1.82, 2.24) is 19.7 Å². The molecule has 2 bridgehead atoms. The number of fused-ring (bicyclic) bond motifs is 2. The maximum absolute atomic E-state index is 5.87. The van der Waals surface area contributed by atoms with Gasteiger partial charge in [0.2, 0.25) is 11.8 Å². The van der Waals surface area contributed by atoms with Gasteiger partial charge in [0, 0.05) is 17.2 Å². The first-order chi connectivity index (χ1) is 12.7. The van der Waals surface area contributed by atoms with Gasteiger partial charge in [0.15, 0.2) is 5.16 Å². The van der Waals surface area contributed by atoms with Crippen LogP contribution in [0.5, 0.6) is 0 Å². The highest BCUT2D eigenvalue weighted by Crippen LogP contribution is 2.52. The number of rotatable bonds is 5. The molecular formula is C21H32N4OS. The molecule has 2 aliphatic carbocycles. The van der Waals surface area contributed by atoms with E-state index in [4.69, 9.17) is 9.40 Å². The van der Waals surface area contributed by atoms with E-state index >= 15 is 0 Å². The largest absolute Gasteiger partial charge is 0.424 e. The van der Waals surface area contributed by atoms with Gasteiger partial charge >= 0.3 is 0 Å². The zero-order chi connectivity index (χ0) is 19.3. The molecule has 5 nitrogen and oxygen atoms in total. The minimum atomic E-state index is -0.113. The molecule has 2 aromatic rings. The molecule has 0 spiro atoms. The fraction of sp³-hybridized carbons (Fsp3) is 0.762. The van der Waals surface area contributed by atoms with E-state index in [0.717, 1.165) is 28.6 Å². The summed E-state index contributed by atoms with van der Waals surface area (Å²) < 4.78 is 8.35. The molecule has 4 atom stereocenters. The molecule has 0 unspecified atom stereocenters. The molecular weight excluding hydrogens is 356 g/mol. The Bertz CT molecular complexity index is 819. The van der Waals surface area contributed by atoms with Crippen molar-refractivity contribution in [2.75, 3.05) is 0 Å². The molecule has 2 fully saturated rings. The van der Waals surface area contributed by atoms with Crippen molar-refractivity contribution >= 4 is 11.8 Å². The van der Waals surface area contributed by atoms with Crippen LogP contribution in [0.25, 0.3) is 0 Å². The topological polar surface area (TPSA) is 56.7 Å². The van der Waals surface area contributed by atoms with Crippen LogP contribution in [0.3, 0.4) is 0 Å². The average Bonchev–Trinajstić information content (AvgIpc) is 3.36. The summed E-state index contributed by atoms with van der Waals surface area (Å²) in [4.78, 5) is 4.87. The molecule has 0 amide bonds. The van der Waals surface area contributed by atoms with Crippen molar-refractivity contribution < 1.29 is 4.42 Å². The van der Waals surface area contributed by atoms with Gasteiger partial charge in [-0.05, 0) is 57.8 Å². The summed E-state index contributed by atoms with van der Waals surface area (Å²) >= 11 is 1.72. The van der Waals surface area contributed by atoms with E-state index in [-0.39, 0.29) is 5.41 Å². The lowest BCUT2D eigenvalue weighted by Crippen LogP contribution is -2.23. The van der Waals surface area contributed by atoms with E-state index < -0.39 is 0 Å². The minimum absolute atomic E-state index is 0.113. The van der Waals surface area contributed by atoms with Gasteiger partial charge in [-0.25, -0.2) is 4.98 Å². The van der Waals surface area contributed by atoms with Crippen LogP contribution in [0.1, 0.15) is 82.6 Å². The van der Waals surface area contributed by atoms with E-state index in [0.29, 0.717) is 23.6 Å². The number of nitrogens with zero attached hydrogens (tertiary/aromatic N) is 4. The molecule has 0 aliphatic heterocycles. The van der Waals surface area contributed by atoms with Crippen molar-refractivity contribution in [3.05, 3.63) is 23.2 Å². The summed E-state index contributed by atoms with van der Waals surface area (Å²) in [6, 6.07) is 0.511. The summed E-state index contributed by atoms with van der Waals surface area (Å²) in [5.41, 5.74) is 2.32. The molecule has 0 aromatic carbocycles. The van der Waals surface area contributed by atoms with E-state index in [9.17, 15) is 0 Å². The zero-order valence-corrected chi connectivity index (χ0v) is 18.3. The number of hydrogen-bond donors (Lipinski definition) is 0. The Morgan fingerprint density at radius 3 is 2.56 bits per heavy atom. The lowest BCUT2D eigenvalue weighted by Gasteiger charge is -2.30. The minimum Gasteiger partial charge on any atom is -0.424 e. The van der Waals surface area contributed by atoms with Crippen LogP contribution < -0.4 is 0 Å². The number of hydrogen-bond acceptors (Lipinski definition) is 5. The molecule has 2 aliphatic rings. The second kappa shape index (κ2) is 6.94. The van der Waals surface area contributed by atoms with Gasteiger partial charge in [0.1, 0.15) is 0 Å². The molecule has 2 saturated carbocycles. The van der Waals surface area contributed by atoms with Crippen molar-refractivity contribution in [1.29, 1.82) is 0 Å². The summed E-state index contributed by atoms with van der Waals surface area (Å²) in [6.07, 6.45) is 5.71. The summed E-state index contributed by atoms with van der Waals surface area (Å²) in [6.45, 7) is 13.0. The second-order valence-corrected chi connectivity index (χ2v) is 10.5. The molecule has 148 valence electrons. The van der Waals surface area contributed by atoms with Crippen LogP contribution in [0.15, 0.2) is 9.57 Å². The Balaban J connectivity index is 1.51. The van der Waals surface area contributed by atoms with Crippen LogP contribution in [0.2, 0.25) is 0 Å². The van der Waals surface area contributed by atoms with E-state index in [1.165, 1.54) is 31.4 Å². The quantitative estimate of drug-likeness (QED) is 0.636. The molecule has 0 saturated heterocycles. The van der Waals surface area contributed by atoms with Crippen LogP contribution in [-0.4, -0.2) is 19.7 Å². The standard InChI is InChI=1S/C21H32N4OS/c1-12-13(2)25(14(3)17-10-15-7-8-16(17)9-15)20(22-12)27-11-18-23-24-19(26-18)21(4,5)6/h14-17H,7-11H2,1-6H3/t14-,15+,16+,17+/m1/s1. The highest BCUT2D eigenvalue weighted by molar-refractivity contribution is 7.98. The number of aromatic nitrogens is 4. The van der Waals surface area contributed by atoms with Gasteiger partial charge in [-0.1, -0.05) is 39.0 Å². The zero-order valence-electron chi connectivity index (χ0n) is 17.5. The molecule has 0 radical (unpaired) electrons. The SMILES string of the molecule is Cc1nc(SCc2nnc(C(C)(C)C)o2)n([C@H](C)[C@@H]2C[C@H]3CC[C@H]2C3)c1C. The van der Waals surface area contributed by atoms with Crippen molar-refractivity contribution in [3.8, 4) is 0 Å². The van der Waals surface area contributed by atoms with Gasteiger partial charge in [0.25, 0.3) is 0 Å². The third-order valence-corrected chi connectivity index (χ3v) is 7.54. The molecule has 4 rings (SSSR count). The lowest BCUT2D eigenvalue weighted by atomic mass is 9.84. The second-order valence-electron chi connectivity index (χ2n) is 9.55. The van der Waals surface area contributed by atoms with E-state index in [1.807, 2.05) is 0 Å². The third kappa shape index (κ3) is 3.57. The molecule has 2 heterocycles. The highest BCUT2D eigenvalue weighted by Gasteiger charge is 2.43. The number of thioether (sulfide) groups is 1. The van der Waals surface area contributed by atoms with Gasteiger partial charge in [-0.15, -0.1) is 10.2 Å². The van der Waals surface area contributed by atoms with Crippen LogP contribution in [-0.2, 0) is 11.2 Å². The van der Waals surface area contributed by atoms with Crippen LogP contribution in [0.4, 0.5) is 0 Å². The number of imidazole rings is 1. The fourth-order valence-corrected chi connectivity index (χ4v) is 6.01. The first kappa shape index (κ1) is 19.0. The van der Waals surface area contributed by atoms with Crippen molar-refractivity contribution in [3.63, 3.8) is 0 Å². The first-order valence-electron chi connectivity index (χ1n) is 10.2.